The number of nitrogens with two attached hydrogens (primary N) is 1. The van der Waals surface area contributed by atoms with Crippen LogP contribution in [0.15, 0.2) is 48.8 Å². The number of rotatable bonds is 2. The predicted molar refractivity (Wildman–Crippen MR) is 80.0 cm³/mol. The second-order valence-corrected chi connectivity index (χ2v) is 4.46. The topological polar surface area (TPSA) is 101 Å². The van der Waals surface area contributed by atoms with Crippen molar-refractivity contribution in [2.75, 3.05) is 11.1 Å². The maximum Gasteiger partial charge on any atom is 0.259 e. The van der Waals surface area contributed by atoms with Crippen LogP contribution in [-0.4, -0.2) is 21.0 Å². The van der Waals surface area contributed by atoms with Gasteiger partial charge in [0.2, 0.25) is 0 Å². The van der Waals surface area contributed by atoms with E-state index in [9.17, 15) is 9.90 Å². The number of aromatic nitrogens is 2. The molecule has 1 heterocycles. The lowest BCUT2D eigenvalue weighted by Crippen LogP contribution is -2.12. The second-order valence-electron chi connectivity index (χ2n) is 4.46. The van der Waals surface area contributed by atoms with Crippen molar-refractivity contribution in [3.63, 3.8) is 0 Å². The van der Waals surface area contributed by atoms with Gasteiger partial charge in [-0.15, -0.1) is 0 Å². The van der Waals surface area contributed by atoms with E-state index in [2.05, 4.69) is 15.3 Å². The van der Waals surface area contributed by atoms with Crippen molar-refractivity contribution >= 4 is 28.3 Å². The summed E-state index contributed by atoms with van der Waals surface area (Å²) in [6.07, 6.45) is 3.18. The number of hydrogen-bond donors (Lipinski definition) is 3. The largest absolute Gasteiger partial charge is 0.505 e. The smallest absolute Gasteiger partial charge is 0.259 e. The first-order valence-electron chi connectivity index (χ1n) is 6.25. The minimum atomic E-state index is -0.442. The zero-order chi connectivity index (χ0) is 14.8. The fourth-order valence-electron chi connectivity index (χ4n) is 1.98. The lowest BCUT2D eigenvalue weighted by Gasteiger charge is -2.08. The molecule has 3 aromatic rings. The molecule has 21 heavy (non-hydrogen) atoms. The molecular weight excluding hydrogens is 268 g/mol. The highest BCUT2D eigenvalue weighted by Crippen LogP contribution is 2.25. The average Bonchev–Trinajstić information content (AvgIpc) is 2.50. The SMILES string of the molecule is Nc1cccc(C(=O)Nc2ccc3nccnc3c2)c1O. The maximum atomic E-state index is 12.2. The van der Waals surface area contributed by atoms with Gasteiger partial charge in [-0.05, 0) is 30.3 Å². The monoisotopic (exact) mass is 280 g/mol. The summed E-state index contributed by atoms with van der Waals surface area (Å²) in [5, 5.41) is 12.5. The number of hydrogen-bond acceptors (Lipinski definition) is 5. The number of phenolic OH excluding ortho intramolecular Hbond substituents is 1. The number of benzene rings is 2. The van der Waals surface area contributed by atoms with E-state index in [4.69, 9.17) is 5.73 Å². The minimum absolute atomic E-state index is 0.120. The van der Waals surface area contributed by atoms with Crippen molar-refractivity contribution in [3.05, 3.63) is 54.4 Å². The molecule has 0 spiro atoms. The molecule has 6 nitrogen and oxygen atoms in total. The van der Waals surface area contributed by atoms with Gasteiger partial charge in [-0.25, -0.2) is 0 Å². The summed E-state index contributed by atoms with van der Waals surface area (Å²) in [6, 6.07) is 9.83. The van der Waals surface area contributed by atoms with E-state index in [1.54, 1.807) is 36.7 Å². The van der Waals surface area contributed by atoms with E-state index in [-0.39, 0.29) is 17.0 Å². The van der Waals surface area contributed by atoms with E-state index in [0.29, 0.717) is 11.2 Å². The molecule has 4 N–H and O–H groups in total. The van der Waals surface area contributed by atoms with Gasteiger partial charge in [0.15, 0.2) is 5.75 Å². The summed E-state index contributed by atoms with van der Waals surface area (Å²) >= 11 is 0. The molecule has 0 saturated carbocycles. The lowest BCUT2D eigenvalue weighted by atomic mass is 10.1. The molecule has 0 saturated heterocycles. The molecule has 3 rings (SSSR count). The van der Waals surface area contributed by atoms with Crippen LogP contribution in [0.25, 0.3) is 11.0 Å². The normalized spacial score (nSPS) is 10.5. The summed E-state index contributed by atoms with van der Waals surface area (Å²) in [4.78, 5) is 20.5. The number of phenols is 1. The minimum Gasteiger partial charge on any atom is -0.505 e. The van der Waals surface area contributed by atoms with Gasteiger partial charge in [0.25, 0.3) is 5.91 Å². The average molecular weight is 280 g/mol. The van der Waals surface area contributed by atoms with Crippen molar-refractivity contribution in [1.29, 1.82) is 0 Å². The number of carbonyl (C=O) groups is 1. The van der Waals surface area contributed by atoms with Gasteiger partial charge in [-0.3, -0.25) is 14.8 Å². The molecule has 1 amide bonds. The van der Waals surface area contributed by atoms with Crippen LogP contribution in [0, 0.1) is 0 Å². The Hall–Kier alpha value is -3.15. The Morgan fingerprint density at radius 3 is 2.67 bits per heavy atom. The highest BCUT2D eigenvalue weighted by atomic mass is 16.3. The quantitative estimate of drug-likeness (QED) is 0.493. The van der Waals surface area contributed by atoms with Crippen LogP contribution in [0.1, 0.15) is 10.4 Å². The Bertz CT molecular complexity index is 833. The lowest BCUT2D eigenvalue weighted by molar-refractivity contribution is 0.102. The third kappa shape index (κ3) is 2.46. The summed E-state index contributed by atoms with van der Waals surface area (Å²) in [5.74, 6) is -0.668. The van der Waals surface area contributed by atoms with Crippen molar-refractivity contribution in [3.8, 4) is 5.75 Å². The third-order valence-corrected chi connectivity index (χ3v) is 3.04. The van der Waals surface area contributed by atoms with Crippen LogP contribution >= 0.6 is 0 Å². The van der Waals surface area contributed by atoms with Gasteiger partial charge in [-0.2, -0.15) is 0 Å². The van der Waals surface area contributed by atoms with Crippen molar-refractivity contribution in [2.45, 2.75) is 0 Å². The molecule has 0 unspecified atom stereocenters. The molecule has 104 valence electrons. The van der Waals surface area contributed by atoms with Crippen LogP contribution in [0.3, 0.4) is 0 Å². The summed E-state index contributed by atoms with van der Waals surface area (Å²) in [5.41, 5.74) is 7.83. The van der Waals surface area contributed by atoms with E-state index in [1.807, 2.05) is 0 Å². The van der Waals surface area contributed by atoms with Crippen LogP contribution in [0.2, 0.25) is 0 Å². The first kappa shape index (κ1) is 12.9. The molecule has 0 bridgehead atoms. The molecule has 2 aromatic carbocycles. The highest BCUT2D eigenvalue weighted by molar-refractivity contribution is 6.07. The van der Waals surface area contributed by atoms with Gasteiger partial charge in [0, 0.05) is 18.1 Å². The van der Waals surface area contributed by atoms with Crippen LogP contribution in [-0.2, 0) is 0 Å². The van der Waals surface area contributed by atoms with Crippen LogP contribution < -0.4 is 11.1 Å². The third-order valence-electron chi connectivity index (χ3n) is 3.04. The zero-order valence-electron chi connectivity index (χ0n) is 10.9. The molecule has 0 aliphatic carbocycles. The molecule has 0 aliphatic rings. The Balaban J connectivity index is 1.91. The van der Waals surface area contributed by atoms with Crippen molar-refractivity contribution in [1.82, 2.24) is 9.97 Å². The van der Waals surface area contributed by atoms with Gasteiger partial charge < -0.3 is 16.2 Å². The van der Waals surface area contributed by atoms with E-state index in [0.717, 1.165) is 5.52 Å². The van der Waals surface area contributed by atoms with Crippen molar-refractivity contribution in [2.24, 2.45) is 0 Å². The number of fused-ring (bicyclic) bond motifs is 1. The first-order chi connectivity index (χ1) is 10.1. The molecule has 0 atom stereocenters. The zero-order valence-corrected chi connectivity index (χ0v) is 10.9. The summed E-state index contributed by atoms with van der Waals surface area (Å²) in [7, 11) is 0. The predicted octanol–water partition coefficient (Wildman–Crippen LogP) is 2.17. The molecule has 0 aliphatic heterocycles. The number of nitrogens with one attached hydrogen (secondary N) is 1. The molecule has 1 aromatic heterocycles. The number of carbonyl (C=O) groups excluding carboxylic acids is 1. The second kappa shape index (κ2) is 5.09. The van der Waals surface area contributed by atoms with Gasteiger partial charge in [0.1, 0.15) is 0 Å². The molecular formula is C15H12N4O2. The molecule has 0 fully saturated rings. The van der Waals surface area contributed by atoms with Crippen molar-refractivity contribution < 1.29 is 9.90 Å². The van der Waals surface area contributed by atoms with Crippen LogP contribution in [0.4, 0.5) is 11.4 Å². The fraction of sp³-hybridized carbons (Fsp3) is 0. The first-order valence-corrected chi connectivity index (χ1v) is 6.25. The van der Waals surface area contributed by atoms with Gasteiger partial charge in [-0.1, -0.05) is 6.07 Å². The Morgan fingerprint density at radius 2 is 1.86 bits per heavy atom. The summed E-state index contributed by atoms with van der Waals surface area (Å²) in [6.45, 7) is 0. The maximum absolute atomic E-state index is 12.2. The molecule has 0 radical (unpaired) electrons. The number of nitrogen functional groups attached to an aromatic ring is 1. The number of amides is 1. The van der Waals surface area contributed by atoms with Gasteiger partial charge >= 0.3 is 0 Å². The standard InChI is InChI=1S/C15H12N4O2/c16-11-3-1-2-10(14(11)20)15(21)19-9-4-5-12-13(8-9)18-7-6-17-12/h1-8,20H,16H2,(H,19,21). The van der Waals surface area contributed by atoms with E-state index >= 15 is 0 Å². The van der Waals surface area contributed by atoms with Crippen LogP contribution in [0.5, 0.6) is 5.75 Å². The van der Waals surface area contributed by atoms with E-state index in [1.165, 1.54) is 12.1 Å². The highest BCUT2D eigenvalue weighted by Gasteiger charge is 2.13. The Morgan fingerprint density at radius 1 is 1.10 bits per heavy atom. The number of para-hydroxylation sites is 1. The Labute approximate surface area is 120 Å². The molecule has 6 heteroatoms. The van der Waals surface area contributed by atoms with E-state index < -0.39 is 5.91 Å². The fourth-order valence-corrected chi connectivity index (χ4v) is 1.98. The van der Waals surface area contributed by atoms with Gasteiger partial charge in [0.05, 0.1) is 22.3 Å². The summed E-state index contributed by atoms with van der Waals surface area (Å²) < 4.78 is 0. The Kier molecular flexibility index (Phi) is 3.12. The number of nitrogens with zero attached hydrogens (tertiary/aromatic N) is 2. The number of anilines is 2. The number of aromatic hydroxyl groups is 1.